The molecule has 28 heavy (non-hydrogen) atoms. The van der Waals surface area contributed by atoms with Gasteiger partial charge in [-0.3, -0.25) is 0 Å². The maximum absolute atomic E-state index is 2.28. The molecular weight excluding hydrogens is 336 g/mol. The molecule has 0 spiro atoms. The fourth-order valence-corrected chi connectivity index (χ4v) is 4.46. The average Bonchev–Trinajstić information content (AvgIpc) is 2.78. The fraction of sp³-hybridized carbons (Fsp3) is 0. The minimum Gasteiger partial charge on any atom is -0.0622 e. The molecule has 0 aliphatic rings. The summed E-state index contributed by atoms with van der Waals surface area (Å²) in [5.41, 5.74) is 5.06. The van der Waals surface area contributed by atoms with Gasteiger partial charge >= 0.3 is 0 Å². The summed E-state index contributed by atoms with van der Waals surface area (Å²) in [5, 5.41) is 8.01. The molecule has 0 aliphatic carbocycles. The first kappa shape index (κ1) is 15.4. The molecule has 0 saturated carbocycles. The third-order valence-corrected chi connectivity index (χ3v) is 5.83. The van der Waals surface area contributed by atoms with E-state index < -0.39 is 0 Å². The van der Waals surface area contributed by atoms with Crippen molar-refractivity contribution < 1.29 is 0 Å². The third kappa shape index (κ3) is 2.25. The van der Waals surface area contributed by atoms with Crippen LogP contribution in [0.2, 0.25) is 0 Å². The van der Waals surface area contributed by atoms with Crippen LogP contribution in [0.3, 0.4) is 0 Å². The summed E-state index contributed by atoms with van der Waals surface area (Å²) < 4.78 is 0. The van der Waals surface area contributed by atoms with E-state index in [1.807, 2.05) is 0 Å². The Morgan fingerprint density at radius 1 is 0.321 bits per heavy atom. The van der Waals surface area contributed by atoms with Crippen LogP contribution in [-0.4, -0.2) is 0 Å². The highest BCUT2D eigenvalue weighted by atomic mass is 14.1. The summed E-state index contributed by atoms with van der Waals surface area (Å²) in [4.78, 5) is 0. The highest BCUT2D eigenvalue weighted by molar-refractivity contribution is 6.25. The Morgan fingerprint density at radius 3 is 1.64 bits per heavy atom. The SMILES string of the molecule is c1ccc(-c2ccc(-c3ccc4ccc5cccc6ccc3c4c56)cc2)cc1. The molecule has 130 valence electrons. The summed E-state index contributed by atoms with van der Waals surface area (Å²) in [7, 11) is 0. The average molecular weight is 354 g/mol. The molecule has 0 aliphatic heterocycles. The van der Waals surface area contributed by atoms with Crippen molar-refractivity contribution in [1.29, 1.82) is 0 Å². The fourth-order valence-electron chi connectivity index (χ4n) is 4.46. The van der Waals surface area contributed by atoms with E-state index in [0.717, 1.165) is 0 Å². The molecular formula is C28H18. The van der Waals surface area contributed by atoms with Gasteiger partial charge in [-0.05, 0) is 54.6 Å². The van der Waals surface area contributed by atoms with Crippen molar-refractivity contribution in [1.82, 2.24) is 0 Å². The van der Waals surface area contributed by atoms with Gasteiger partial charge in [0.1, 0.15) is 0 Å². The van der Waals surface area contributed by atoms with Gasteiger partial charge in [-0.2, -0.15) is 0 Å². The first-order chi connectivity index (χ1) is 13.9. The van der Waals surface area contributed by atoms with E-state index in [0.29, 0.717) is 0 Å². The van der Waals surface area contributed by atoms with Crippen molar-refractivity contribution in [3.63, 3.8) is 0 Å². The molecule has 0 amide bonds. The Balaban J connectivity index is 1.58. The van der Waals surface area contributed by atoms with Crippen molar-refractivity contribution in [2.45, 2.75) is 0 Å². The Hall–Kier alpha value is -3.64. The second kappa shape index (κ2) is 5.94. The molecule has 0 nitrogen and oxygen atoms in total. The number of rotatable bonds is 2. The highest BCUT2D eigenvalue weighted by Crippen LogP contribution is 2.39. The van der Waals surface area contributed by atoms with Crippen LogP contribution in [0.1, 0.15) is 0 Å². The van der Waals surface area contributed by atoms with Crippen LogP contribution in [0.5, 0.6) is 0 Å². The molecule has 0 heterocycles. The Labute approximate surface area is 164 Å². The van der Waals surface area contributed by atoms with Gasteiger partial charge in [0.15, 0.2) is 0 Å². The van der Waals surface area contributed by atoms with E-state index in [4.69, 9.17) is 0 Å². The molecule has 0 radical (unpaired) electrons. The van der Waals surface area contributed by atoms with Gasteiger partial charge in [0.05, 0.1) is 0 Å². The minimum atomic E-state index is 1.25. The summed E-state index contributed by atoms with van der Waals surface area (Å²) >= 11 is 0. The Kier molecular flexibility index (Phi) is 3.27. The molecule has 6 aromatic rings. The number of benzene rings is 6. The van der Waals surface area contributed by atoms with Crippen molar-refractivity contribution in [2.24, 2.45) is 0 Å². The zero-order valence-electron chi connectivity index (χ0n) is 15.4. The molecule has 0 aromatic heterocycles. The van der Waals surface area contributed by atoms with E-state index >= 15 is 0 Å². The lowest BCUT2D eigenvalue weighted by Gasteiger charge is -2.14. The number of hydrogen-bond donors (Lipinski definition) is 0. The summed E-state index contributed by atoms with van der Waals surface area (Å²) in [6.07, 6.45) is 0. The Bertz CT molecular complexity index is 1410. The summed E-state index contributed by atoms with van der Waals surface area (Å²) in [5.74, 6) is 0. The molecule has 0 heteroatoms. The topological polar surface area (TPSA) is 0 Å². The lowest BCUT2D eigenvalue weighted by Crippen LogP contribution is -1.87. The normalized spacial score (nSPS) is 11.6. The van der Waals surface area contributed by atoms with E-state index in [1.54, 1.807) is 0 Å². The molecule has 0 N–H and O–H groups in total. The lowest BCUT2D eigenvalue weighted by atomic mass is 9.89. The van der Waals surface area contributed by atoms with Crippen LogP contribution >= 0.6 is 0 Å². The standard InChI is InChI=1S/C28H18/c1-2-5-19(6-3-1)20-9-11-21(12-10-20)25-17-15-24-14-13-22-7-4-8-23-16-18-26(25)28(24)27(22)23/h1-18H. The first-order valence-electron chi connectivity index (χ1n) is 9.71. The number of hydrogen-bond acceptors (Lipinski definition) is 0. The predicted octanol–water partition coefficient (Wildman–Crippen LogP) is 7.92. The van der Waals surface area contributed by atoms with Gasteiger partial charge in [0.2, 0.25) is 0 Å². The van der Waals surface area contributed by atoms with Crippen LogP contribution in [0.15, 0.2) is 109 Å². The van der Waals surface area contributed by atoms with Crippen molar-refractivity contribution in [3.8, 4) is 22.3 Å². The maximum Gasteiger partial charge on any atom is -0.00206 e. The zero-order chi connectivity index (χ0) is 18.5. The van der Waals surface area contributed by atoms with Crippen molar-refractivity contribution in [2.75, 3.05) is 0 Å². The van der Waals surface area contributed by atoms with Crippen LogP contribution in [0.4, 0.5) is 0 Å². The van der Waals surface area contributed by atoms with Crippen LogP contribution in [-0.2, 0) is 0 Å². The molecule has 0 unspecified atom stereocenters. The van der Waals surface area contributed by atoms with Crippen molar-refractivity contribution >= 4 is 32.3 Å². The summed E-state index contributed by atoms with van der Waals surface area (Å²) in [6.45, 7) is 0. The van der Waals surface area contributed by atoms with E-state index in [1.165, 1.54) is 54.6 Å². The monoisotopic (exact) mass is 354 g/mol. The molecule has 0 atom stereocenters. The van der Waals surface area contributed by atoms with Gasteiger partial charge in [0, 0.05) is 0 Å². The van der Waals surface area contributed by atoms with E-state index in [-0.39, 0.29) is 0 Å². The van der Waals surface area contributed by atoms with Gasteiger partial charge < -0.3 is 0 Å². The third-order valence-electron chi connectivity index (χ3n) is 5.83. The summed E-state index contributed by atoms with van der Waals surface area (Å²) in [6, 6.07) is 39.6. The van der Waals surface area contributed by atoms with Crippen LogP contribution in [0.25, 0.3) is 54.6 Å². The smallest absolute Gasteiger partial charge is 0.00206 e. The minimum absolute atomic E-state index is 1.25. The molecule has 6 rings (SSSR count). The predicted molar refractivity (Wildman–Crippen MR) is 121 cm³/mol. The second-order valence-corrected chi connectivity index (χ2v) is 7.41. The largest absolute Gasteiger partial charge is 0.0622 e. The van der Waals surface area contributed by atoms with Gasteiger partial charge in [-0.25, -0.2) is 0 Å². The second-order valence-electron chi connectivity index (χ2n) is 7.41. The molecule has 0 bridgehead atoms. The molecule has 6 aromatic carbocycles. The van der Waals surface area contributed by atoms with Gasteiger partial charge in [-0.1, -0.05) is 109 Å². The van der Waals surface area contributed by atoms with Gasteiger partial charge in [-0.15, -0.1) is 0 Å². The molecule has 0 saturated heterocycles. The van der Waals surface area contributed by atoms with Gasteiger partial charge in [0.25, 0.3) is 0 Å². The first-order valence-corrected chi connectivity index (χ1v) is 9.71. The highest BCUT2D eigenvalue weighted by Gasteiger charge is 2.11. The van der Waals surface area contributed by atoms with Crippen LogP contribution in [0, 0.1) is 0 Å². The Morgan fingerprint density at radius 2 is 0.893 bits per heavy atom. The quantitative estimate of drug-likeness (QED) is 0.277. The van der Waals surface area contributed by atoms with Crippen molar-refractivity contribution in [3.05, 3.63) is 109 Å². The van der Waals surface area contributed by atoms with E-state index in [2.05, 4.69) is 109 Å². The van der Waals surface area contributed by atoms with E-state index in [9.17, 15) is 0 Å². The zero-order valence-corrected chi connectivity index (χ0v) is 15.4. The maximum atomic E-state index is 2.28. The molecule has 0 fully saturated rings. The van der Waals surface area contributed by atoms with Crippen LogP contribution < -0.4 is 0 Å². The lowest BCUT2D eigenvalue weighted by molar-refractivity contribution is 1.61.